The zero-order chi connectivity index (χ0) is 15.2. The van der Waals surface area contributed by atoms with Crippen molar-refractivity contribution in [2.75, 3.05) is 6.61 Å². The minimum Gasteiger partial charge on any atom is -0.447 e. The van der Waals surface area contributed by atoms with Crippen LogP contribution in [0.25, 0.3) is 0 Å². The molecule has 2 rings (SSSR count). The molecule has 1 aromatic rings. The van der Waals surface area contributed by atoms with Crippen LogP contribution in [0, 0.1) is 0 Å². The number of benzene rings is 1. The molecule has 3 heteroatoms. The van der Waals surface area contributed by atoms with E-state index in [1.54, 1.807) is 11.0 Å². The minimum absolute atomic E-state index is 0.0155. The second kappa shape index (κ2) is 6.96. The van der Waals surface area contributed by atoms with E-state index in [1.165, 1.54) is 5.56 Å². The van der Waals surface area contributed by atoms with Gasteiger partial charge >= 0.3 is 6.09 Å². The average molecular weight is 283 g/mol. The third-order valence-electron chi connectivity index (χ3n) is 3.30. The van der Waals surface area contributed by atoms with Crippen LogP contribution in [-0.2, 0) is 11.2 Å². The molecule has 0 bridgehead atoms. The van der Waals surface area contributed by atoms with E-state index in [4.69, 9.17) is 4.74 Å². The van der Waals surface area contributed by atoms with Crippen LogP contribution in [0.2, 0.25) is 0 Å². The summed E-state index contributed by atoms with van der Waals surface area (Å²) in [7, 11) is 0. The summed E-state index contributed by atoms with van der Waals surface area (Å²) in [6.45, 7) is 8.12. The molecule has 0 unspecified atom stereocenters. The van der Waals surface area contributed by atoms with Crippen molar-refractivity contribution in [3.8, 4) is 0 Å². The smallest absolute Gasteiger partial charge is 0.414 e. The number of amides is 1. The first-order valence-electron chi connectivity index (χ1n) is 7.15. The number of ether oxygens (including phenoxy) is 1. The van der Waals surface area contributed by atoms with Gasteiger partial charge in [0.1, 0.15) is 6.61 Å². The molecular formula is C18H21NO2. The summed E-state index contributed by atoms with van der Waals surface area (Å²) < 4.78 is 5.24. The maximum Gasteiger partial charge on any atom is 0.414 e. The molecule has 0 spiro atoms. The van der Waals surface area contributed by atoms with Gasteiger partial charge < -0.3 is 4.74 Å². The molecule has 1 saturated heterocycles. The zero-order valence-corrected chi connectivity index (χ0v) is 12.6. The van der Waals surface area contributed by atoms with Crippen molar-refractivity contribution in [3.63, 3.8) is 0 Å². The quantitative estimate of drug-likeness (QED) is 0.602. The Labute approximate surface area is 126 Å². The van der Waals surface area contributed by atoms with E-state index in [1.807, 2.05) is 32.0 Å². The predicted molar refractivity (Wildman–Crippen MR) is 83.8 cm³/mol. The van der Waals surface area contributed by atoms with Gasteiger partial charge in [-0.2, -0.15) is 0 Å². The highest BCUT2D eigenvalue weighted by Gasteiger charge is 2.35. The van der Waals surface area contributed by atoms with E-state index in [0.717, 1.165) is 17.7 Å². The van der Waals surface area contributed by atoms with Crippen molar-refractivity contribution < 1.29 is 9.53 Å². The van der Waals surface area contributed by atoms with E-state index < -0.39 is 0 Å². The Hall–Kier alpha value is -2.25. The maximum atomic E-state index is 12.1. The number of rotatable bonds is 5. The minimum atomic E-state index is -0.290. The van der Waals surface area contributed by atoms with E-state index in [2.05, 4.69) is 24.4 Å². The molecule has 3 nitrogen and oxygen atoms in total. The number of allylic oxidation sites excluding steroid dienone is 1. The molecule has 0 saturated carbocycles. The van der Waals surface area contributed by atoms with Gasteiger partial charge in [0, 0.05) is 6.42 Å². The number of carbonyl (C=O) groups excluding carboxylic acids is 1. The van der Waals surface area contributed by atoms with E-state index in [9.17, 15) is 4.79 Å². The monoisotopic (exact) mass is 283 g/mol. The van der Waals surface area contributed by atoms with Crippen LogP contribution in [0.5, 0.6) is 0 Å². The van der Waals surface area contributed by atoms with Crippen molar-refractivity contribution in [2.45, 2.75) is 32.7 Å². The fraction of sp³-hybridized carbons (Fsp3) is 0.333. The first-order valence-corrected chi connectivity index (χ1v) is 7.15. The fourth-order valence-electron chi connectivity index (χ4n) is 2.46. The van der Waals surface area contributed by atoms with Gasteiger partial charge in [-0.05, 0) is 31.4 Å². The van der Waals surface area contributed by atoms with Crippen molar-refractivity contribution in [1.82, 2.24) is 4.90 Å². The lowest BCUT2D eigenvalue weighted by atomic mass is 10.0. The van der Waals surface area contributed by atoms with Crippen molar-refractivity contribution in [3.05, 3.63) is 65.6 Å². The standard InChI is InChI=1S/C18H21NO2/c1-4-8-16(11-14(2)3)19-17(13-21-18(19)20)12-15-9-6-5-7-10-15/h4-7,9-10,17H,1,8,12-13H2,2-3H3/t17-/m1/s1. The first kappa shape index (κ1) is 15.1. The van der Waals surface area contributed by atoms with Crippen LogP contribution in [-0.4, -0.2) is 23.6 Å². The molecule has 0 N–H and O–H groups in total. The molecule has 0 radical (unpaired) electrons. The van der Waals surface area contributed by atoms with Crippen molar-refractivity contribution in [1.29, 1.82) is 0 Å². The molecule has 21 heavy (non-hydrogen) atoms. The van der Waals surface area contributed by atoms with Crippen molar-refractivity contribution in [2.24, 2.45) is 0 Å². The molecule has 110 valence electrons. The molecule has 1 amide bonds. The summed E-state index contributed by atoms with van der Waals surface area (Å²) in [5.74, 6) is 0. The molecule has 1 aromatic carbocycles. The van der Waals surface area contributed by atoms with Gasteiger partial charge in [0.2, 0.25) is 0 Å². The Bertz CT molecular complexity index is 578. The lowest BCUT2D eigenvalue weighted by molar-refractivity contribution is 0.164. The molecule has 1 aliphatic rings. The summed E-state index contributed by atoms with van der Waals surface area (Å²) in [5.41, 5.74) is 6.31. The van der Waals surface area contributed by atoms with Crippen LogP contribution in [0.3, 0.4) is 0 Å². The zero-order valence-electron chi connectivity index (χ0n) is 12.6. The van der Waals surface area contributed by atoms with Gasteiger partial charge in [0.15, 0.2) is 0 Å². The summed E-state index contributed by atoms with van der Waals surface area (Å²) in [6, 6.07) is 10.2. The Morgan fingerprint density at radius 1 is 1.43 bits per heavy atom. The Kier molecular flexibility index (Phi) is 5.02. The molecular weight excluding hydrogens is 262 g/mol. The molecule has 1 fully saturated rings. The van der Waals surface area contributed by atoms with Gasteiger partial charge in [-0.3, -0.25) is 4.90 Å². The van der Waals surface area contributed by atoms with Crippen LogP contribution < -0.4 is 0 Å². The predicted octanol–water partition coefficient (Wildman–Crippen LogP) is 4.08. The molecule has 1 aliphatic heterocycles. The lowest BCUT2D eigenvalue weighted by Crippen LogP contribution is -2.34. The Morgan fingerprint density at radius 2 is 2.14 bits per heavy atom. The van der Waals surface area contributed by atoms with E-state index in [-0.39, 0.29) is 12.1 Å². The Morgan fingerprint density at radius 3 is 2.76 bits per heavy atom. The molecule has 0 aliphatic carbocycles. The summed E-state index contributed by atoms with van der Waals surface area (Å²) in [5, 5.41) is 0. The van der Waals surface area contributed by atoms with Gasteiger partial charge in [0.05, 0.1) is 11.7 Å². The van der Waals surface area contributed by atoms with E-state index >= 15 is 0 Å². The van der Waals surface area contributed by atoms with Gasteiger partial charge in [-0.25, -0.2) is 4.79 Å². The number of hydrogen-bond acceptors (Lipinski definition) is 2. The van der Waals surface area contributed by atoms with Gasteiger partial charge in [-0.15, -0.1) is 12.3 Å². The number of nitrogens with zero attached hydrogens (tertiary/aromatic N) is 1. The highest BCUT2D eigenvalue weighted by atomic mass is 16.6. The van der Waals surface area contributed by atoms with Crippen LogP contribution in [0.4, 0.5) is 4.79 Å². The SMILES string of the molecule is C=CCC(=C=C(C)C)N1C(=O)OC[C@H]1Cc1ccccc1. The number of hydrogen-bond donors (Lipinski definition) is 0. The highest BCUT2D eigenvalue weighted by molar-refractivity contribution is 5.72. The van der Waals surface area contributed by atoms with Crippen LogP contribution >= 0.6 is 0 Å². The summed E-state index contributed by atoms with van der Waals surface area (Å²) >= 11 is 0. The third kappa shape index (κ3) is 3.87. The summed E-state index contributed by atoms with van der Waals surface area (Å²) in [6.07, 6.45) is 2.88. The van der Waals surface area contributed by atoms with Crippen LogP contribution in [0.1, 0.15) is 25.8 Å². The normalized spacial score (nSPS) is 17.1. The average Bonchev–Trinajstić information content (AvgIpc) is 2.80. The van der Waals surface area contributed by atoms with Crippen LogP contribution in [0.15, 0.2) is 60.0 Å². The number of cyclic esters (lactones) is 1. The Balaban J connectivity index is 2.27. The van der Waals surface area contributed by atoms with E-state index in [0.29, 0.717) is 13.0 Å². The van der Waals surface area contributed by atoms with Crippen molar-refractivity contribution >= 4 is 6.09 Å². The largest absolute Gasteiger partial charge is 0.447 e. The van der Waals surface area contributed by atoms with Gasteiger partial charge in [0.25, 0.3) is 0 Å². The maximum absolute atomic E-state index is 12.1. The molecule has 0 aromatic heterocycles. The third-order valence-corrected chi connectivity index (χ3v) is 3.30. The summed E-state index contributed by atoms with van der Waals surface area (Å²) in [4.78, 5) is 13.8. The number of carbonyl (C=O) groups is 1. The van der Waals surface area contributed by atoms with Gasteiger partial charge in [-0.1, -0.05) is 36.4 Å². The highest BCUT2D eigenvalue weighted by Crippen LogP contribution is 2.24. The molecule has 1 heterocycles. The first-order chi connectivity index (χ1) is 10.1. The fourth-order valence-corrected chi connectivity index (χ4v) is 2.46. The second-order valence-electron chi connectivity index (χ2n) is 5.35. The topological polar surface area (TPSA) is 29.5 Å². The molecule has 1 atom stereocenters. The lowest BCUT2D eigenvalue weighted by Gasteiger charge is -2.22. The second-order valence-corrected chi connectivity index (χ2v) is 5.35.